The number of carbonyl (C=O) groups excluding carboxylic acids is 8. The Morgan fingerprint density at radius 2 is 0.923 bits per heavy atom. The second-order valence-electron chi connectivity index (χ2n) is 19.9. The summed E-state index contributed by atoms with van der Waals surface area (Å²) in [7, 11) is 0. The maximum absolute atomic E-state index is 12.7. The van der Waals surface area contributed by atoms with Crippen LogP contribution in [0, 0.1) is 23.7 Å². The molecule has 0 aromatic rings. The van der Waals surface area contributed by atoms with Gasteiger partial charge in [-0.05, 0) is 95.9 Å². The number of rotatable bonds is 7. The minimum absolute atomic E-state index is 0.0397. The Morgan fingerprint density at radius 1 is 0.585 bits per heavy atom. The first-order valence-corrected chi connectivity index (χ1v) is 21.5. The van der Waals surface area contributed by atoms with Gasteiger partial charge in [-0.3, -0.25) is 40.0 Å². The van der Waals surface area contributed by atoms with Gasteiger partial charge in [0.05, 0.1) is 48.1 Å². The second kappa shape index (κ2) is 20.7. The standard InChI is InChI=1S/C22H31N3O7.C14H26N2O5.C8H7NO3/c1-21(2,3)31-19(28)23-14(24-20(29)32-22(4,5)6)8-7-11-25-17(26)15-12-9-10-13(30-12)16(15)18(25)27;1-13(2,3)20-11(18)15-10(8-7-9-17)16-12(19)21-14(4,5)6;10-7-5-3-1-2-4(12-3)6(5)8(11)9-7/h9-10,12-13,15-16H,7-8,11H2,1-6H3,(H,23,24,28,29);17H,7-9H2,1-6H3,(H,15,16,18,19);1-6H,(H,9,10,11)/t12?,13?,15-,16+;;3?,4?,5-,6+. The number of fused-ring (bicyclic) bond motifs is 10. The van der Waals surface area contributed by atoms with Gasteiger partial charge >= 0.3 is 24.4 Å². The van der Waals surface area contributed by atoms with Crippen LogP contribution in [0.5, 0.6) is 0 Å². The molecule has 0 radical (unpaired) electrons. The molecule has 0 aromatic carbocycles. The van der Waals surface area contributed by atoms with Crippen LogP contribution in [0.15, 0.2) is 34.3 Å². The average molecular weight is 917 g/mol. The predicted octanol–water partition coefficient (Wildman–Crippen LogP) is 4.39. The number of imide groups is 2. The number of aliphatic imine (C=N–C) groups is 2. The van der Waals surface area contributed by atoms with E-state index in [9.17, 15) is 38.4 Å². The molecule has 6 aliphatic rings. The van der Waals surface area contributed by atoms with E-state index in [-0.39, 0.29) is 97.5 Å². The van der Waals surface area contributed by atoms with Gasteiger partial charge in [0.2, 0.25) is 23.6 Å². The molecule has 21 nitrogen and oxygen atoms in total. The normalized spacial score (nSPS) is 26.4. The summed E-state index contributed by atoms with van der Waals surface area (Å²) in [5, 5.41) is 16.0. The summed E-state index contributed by atoms with van der Waals surface area (Å²) in [6, 6.07) is 0. The van der Waals surface area contributed by atoms with Crippen LogP contribution in [0.3, 0.4) is 0 Å². The van der Waals surface area contributed by atoms with Gasteiger partial charge in [-0.1, -0.05) is 24.3 Å². The van der Waals surface area contributed by atoms with Gasteiger partial charge in [-0.25, -0.2) is 19.2 Å². The van der Waals surface area contributed by atoms with Gasteiger partial charge in [0.25, 0.3) is 0 Å². The number of ether oxygens (including phenoxy) is 6. The smallest absolute Gasteiger partial charge is 0.435 e. The van der Waals surface area contributed by atoms with Crippen LogP contribution in [0.2, 0.25) is 0 Å². The van der Waals surface area contributed by atoms with Crippen molar-refractivity contribution in [1.82, 2.24) is 20.9 Å². The summed E-state index contributed by atoms with van der Waals surface area (Å²) in [5.74, 6) is -2.15. The van der Waals surface area contributed by atoms with Gasteiger partial charge in [0.1, 0.15) is 34.1 Å². The van der Waals surface area contributed by atoms with Crippen molar-refractivity contribution >= 4 is 59.7 Å². The Morgan fingerprint density at radius 3 is 1.26 bits per heavy atom. The van der Waals surface area contributed by atoms with Crippen molar-refractivity contribution in [3.8, 4) is 0 Å². The summed E-state index contributed by atoms with van der Waals surface area (Å²) in [6.07, 6.45) is 4.29. The molecule has 4 unspecified atom stereocenters. The van der Waals surface area contributed by atoms with Crippen LogP contribution < -0.4 is 16.0 Å². The monoisotopic (exact) mass is 916 g/mol. The first kappa shape index (κ1) is 52.1. The molecule has 65 heavy (non-hydrogen) atoms. The van der Waals surface area contributed by atoms with Crippen LogP contribution in [-0.2, 0) is 47.6 Å². The molecule has 6 heterocycles. The lowest BCUT2D eigenvalue weighted by Crippen LogP contribution is -2.38. The summed E-state index contributed by atoms with van der Waals surface area (Å²) < 4.78 is 31.6. The molecule has 360 valence electrons. The molecule has 0 saturated carbocycles. The Hall–Kier alpha value is -5.54. The number of nitrogens with zero attached hydrogens (tertiary/aromatic N) is 3. The van der Waals surface area contributed by atoms with Crippen LogP contribution in [0.4, 0.5) is 19.2 Å². The molecule has 0 aliphatic carbocycles. The van der Waals surface area contributed by atoms with Crippen LogP contribution >= 0.6 is 0 Å². The number of likely N-dealkylation sites (tertiary alicyclic amines) is 1. The molecular weight excluding hydrogens is 853 g/mol. The molecule has 4 fully saturated rings. The van der Waals surface area contributed by atoms with Crippen molar-refractivity contribution in [2.45, 2.75) is 156 Å². The Labute approximate surface area is 378 Å². The number of carbonyl (C=O) groups is 8. The van der Waals surface area contributed by atoms with E-state index in [1.165, 1.54) is 4.90 Å². The molecule has 8 amide bonds. The van der Waals surface area contributed by atoms with Crippen molar-refractivity contribution < 1.29 is 71.9 Å². The number of aliphatic hydroxyl groups is 1. The predicted molar refractivity (Wildman–Crippen MR) is 231 cm³/mol. The summed E-state index contributed by atoms with van der Waals surface area (Å²) >= 11 is 0. The molecule has 8 atom stereocenters. The lowest BCUT2D eigenvalue weighted by atomic mass is 9.85. The van der Waals surface area contributed by atoms with Gasteiger partial charge in [0, 0.05) is 26.0 Å². The Balaban J connectivity index is 0.000000238. The highest BCUT2D eigenvalue weighted by Gasteiger charge is 2.60. The summed E-state index contributed by atoms with van der Waals surface area (Å²) in [5.41, 5.74) is -2.81. The van der Waals surface area contributed by atoms with Crippen molar-refractivity contribution in [3.63, 3.8) is 0 Å². The molecule has 0 spiro atoms. The van der Waals surface area contributed by atoms with E-state index < -0.39 is 58.6 Å². The van der Waals surface area contributed by atoms with Crippen LogP contribution in [-0.4, -0.2) is 130 Å². The van der Waals surface area contributed by atoms with E-state index >= 15 is 0 Å². The van der Waals surface area contributed by atoms with Crippen molar-refractivity contribution in [2.75, 3.05) is 13.2 Å². The zero-order valence-corrected chi connectivity index (χ0v) is 39.2. The fourth-order valence-electron chi connectivity index (χ4n) is 7.38. The number of alkyl carbamates (subject to hydrolysis) is 2. The molecule has 6 aliphatic heterocycles. The summed E-state index contributed by atoms with van der Waals surface area (Å²) in [6.45, 7) is 20.6. The fourth-order valence-corrected chi connectivity index (χ4v) is 7.38. The Bertz CT molecular complexity index is 1930. The maximum Gasteiger partial charge on any atom is 0.435 e. The highest BCUT2D eigenvalue weighted by atomic mass is 16.6. The number of nitrogens with one attached hydrogen (secondary N) is 3. The zero-order chi connectivity index (χ0) is 48.8. The van der Waals surface area contributed by atoms with Crippen molar-refractivity contribution in [1.29, 1.82) is 0 Å². The van der Waals surface area contributed by atoms with E-state index in [1.54, 1.807) is 83.1 Å². The number of hydrogen-bond acceptors (Lipinski definition) is 15. The molecule has 6 rings (SSSR count). The molecule has 21 heteroatoms. The minimum Gasteiger partial charge on any atom is -0.444 e. The Kier molecular flexibility index (Phi) is 16.6. The molecule has 4 bridgehead atoms. The third kappa shape index (κ3) is 15.3. The van der Waals surface area contributed by atoms with Crippen LogP contribution in [0.1, 0.15) is 109 Å². The van der Waals surface area contributed by atoms with E-state index in [0.717, 1.165) is 0 Å². The van der Waals surface area contributed by atoms with E-state index in [0.29, 0.717) is 12.8 Å². The van der Waals surface area contributed by atoms with Crippen molar-refractivity contribution in [2.24, 2.45) is 33.7 Å². The van der Waals surface area contributed by atoms with Gasteiger partial charge in [0.15, 0.2) is 0 Å². The van der Waals surface area contributed by atoms with E-state index in [4.69, 9.17) is 33.5 Å². The van der Waals surface area contributed by atoms with Crippen molar-refractivity contribution in [3.05, 3.63) is 24.3 Å². The third-order valence-corrected chi connectivity index (χ3v) is 9.65. The van der Waals surface area contributed by atoms with Gasteiger partial charge in [-0.2, -0.15) is 9.98 Å². The first-order chi connectivity index (χ1) is 29.9. The first-order valence-electron chi connectivity index (χ1n) is 21.5. The number of amides is 8. The molecule has 4 N–H and O–H groups in total. The highest BCUT2D eigenvalue weighted by molar-refractivity contribution is 6.07. The van der Waals surface area contributed by atoms with E-state index in [1.807, 2.05) is 24.3 Å². The van der Waals surface area contributed by atoms with Gasteiger partial charge in [-0.15, -0.1) is 0 Å². The number of hydrogen-bond donors (Lipinski definition) is 4. The van der Waals surface area contributed by atoms with E-state index in [2.05, 4.69) is 25.9 Å². The molecule has 4 saturated heterocycles. The molecular formula is C44H64N6O15. The lowest BCUT2D eigenvalue weighted by molar-refractivity contribution is -0.142. The lowest BCUT2D eigenvalue weighted by Gasteiger charge is -2.21. The molecule has 0 aromatic heterocycles. The highest BCUT2D eigenvalue weighted by Crippen LogP contribution is 2.45. The fraction of sp³-hybridized carbons (Fsp3) is 0.682. The third-order valence-electron chi connectivity index (χ3n) is 9.65. The average Bonchev–Trinajstić information content (AvgIpc) is 3.98. The second-order valence-corrected chi connectivity index (χ2v) is 19.9. The van der Waals surface area contributed by atoms with Gasteiger partial charge < -0.3 is 33.5 Å². The topological polar surface area (TPSA) is 276 Å². The van der Waals surface area contributed by atoms with Crippen LogP contribution in [0.25, 0.3) is 0 Å². The maximum atomic E-state index is 12.7. The number of aliphatic hydroxyl groups excluding tert-OH is 1. The summed E-state index contributed by atoms with van der Waals surface area (Å²) in [4.78, 5) is 104. The largest absolute Gasteiger partial charge is 0.444 e. The number of amidine groups is 2. The minimum atomic E-state index is -0.855. The quantitative estimate of drug-likeness (QED) is 0.0906. The zero-order valence-electron chi connectivity index (χ0n) is 39.2. The SMILES string of the molecule is CC(C)(C)OC(=O)N=C(CCCN1C(=O)[C@@H]2C3C=CC(O3)[C@@H]2C1=O)NC(=O)OC(C)(C)C.CC(C)(C)OC(=O)N=C(CCCO)NC(=O)OC(C)(C)C.O=C1NC(=O)[C@H]2C3C=CC(O3)[C@@H]12.